The Morgan fingerprint density at radius 2 is 1.89 bits per heavy atom. The molecular weight excluding hydrogens is 375 g/mol. The van der Waals surface area contributed by atoms with Crippen molar-refractivity contribution in [2.45, 2.75) is 20.0 Å². The number of carbonyl (C=O) groups excluding carboxylic acids is 1. The summed E-state index contributed by atoms with van der Waals surface area (Å²) < 4.78 is 48.9. The van der Waals surface area contributed by atoms with Gasteiger partial charge in [-0.1, -0.05) is 6.07 Å². The van der Waals surface area contributed by atoms with Gasteiger partial charge >= 0.3 is 11.8 Å². The average molecular weight is 391 g/mol. The van der Waals surface area contributed by atoms with Crippen LogP contribution in [0.1, 0.15) is 16.7 Å². The van der Waals surface area contributed by atoms with E-state index in [1.54, 1.807) is 26.0 Å². The van der Waals surface area contributed by atoms with Crippen LogP contribution in [0.25, 0.3) is 11.0 Å². The predicted octanol–water partition coefficient (Wildman–Crippen LogP) is 4.45. The topological polar surface area (TPSA) is 68.5 Å². The summed E-state index contributed by atoms with van der Waals surface area (Å²) in [6.07, 6.45) is -4.50. The zero-order valence-corrected chi connectivity index (χ0v) is 15.0. The van der Waals surface area contributed by atoms with E-state index in [9.17, 15) is 22.8 Å². The summed E-state index contributed by atoms with van der Waals surface area (Å²) in [6.45, 7) is 3.05. The number of amides is 1. The van der Waals surface area contributed by atoms with E-state index in [4.69, 9.17) is 9.15 Å². The van der Waals surface area contributed by atoms with Gasteiger partial charge in [-0.2, -0.15) is 13.2 Å². The number of benzene rings is 2. The molecule has 0 bridgehead atoms. The Hall–Kier alpha value is -3.29. The number of hydrogen-bond donors (Lipinski definition) is 1. The second-order valence-electron chi connectivity index (χ2n) is 6.23. The van der Waals surface area contributed by atoms with Gasteiger partial charge in [-0.05, 0) is 49.7 Å². The standard InChI is InChI=1S/C20H16F3NO4/c1-11-8-18(26)28-19-12(2)16(7-6-15(11)19)27-10-17(25)24-14-5-3-4-13(9-14)20(21,22)23/h3-9H,10H2,1-2H3,(H,24,25). The number of rotatable bonds is 4. The number of carbonyl (C=O) groups is 1. The van der Waals surface area contributed by atoms with E-state index in [1.165, 1.54) is 18.2 Å². The Labute approximate surface area is 157 Å². The van der Waals surface area contributed by atoms with Crippen LogP contribution in [0.5, 0.6) is 5.75 Å². The summed E-state index contributed by atoms with van der Waals surface area (Å²) in [5.74, 6) is -0.287. The van der Waals surface area contributed by atoms with E-state index in [2.05, 4.69) is 5.32 Å². The minimum absolute atomic E-state index is 0.0141. The predicted molar refractivity (Wildman–Crippen MR) is 97.5 cm³/mol. The van der Waals surface area contributed by atoms with Crippen molar-refractivity contribution in [1.82, 2.24) is 0 Å². The van der Waals surface area contributed by atoms with Crippen LogP contribution in [0, 0.1) is 13.8 Å². The quantitative estimate of drug-likeness (QED) is 0.668. The second-order valence-corrected chi connectivity index (χ2v) is 6.23. The fourth-order valence-corrected chi connectivity index (χ4v) is 2.77. The lowest BCUT2D eigenvalue weighted by Gasteiger charge is -2.12. The molecule has 5 nitrogen and oxygen atoms in total. The number of nitrogens with one attached hydrogen (secondary N) is 1. The summed E-state index contributed by atoms with van der Waals surface area (Å²) in [5, 5.41) is 3.11. The molecule has 0 unspecified atom stereocenters. The van der Waals surface area contributed by atoms with Crippen molar-refractivity contribution >= 4 is 22.6 Å². The fraction of sp³-hybridized carbons (Fsp3) is 0.200. The van der Waals surface area contributed by atoms with Crippen molar-refractivity contribution in [3.05, 3.63) is 69.6 Å². The van der Waals surface area contributed by atoms with E-state index in [0.717, 1.165) is 23.1 Å². The highest BCUT2D eigenvalue weighted by Gasteiger charge is 2.30. The highest BCUT2D eigenvalue weighted by molar-refractivity contribution is 5.92. The molecular formula is C20H16F3NO4. The Bertz CT molecular complexity index is 1100. The van der Waals surface area contributed by atoms with E-state index < -0.39 is 29.9 Å². The maximum absolute atomic E-state index is 12.7. The molecule has 0 aliphatic carbocycles. The molecule has 1 amide bonds. The minimum atomic E-state index is -4.50. The third-order valence-corrected chi connectivity index (χ3v) is 4.15. The largest absolute Gasteiger partial charge is 0.483 e. The molecule has 0 saturated heterocycles. The zero-order chi connectivity index (χ0) is 20.5. The number of ether oxygens (including phenoxy) is 1. The highest BCUT2D eigenvalue weighted by Crippen LogP contribution is 2.31. The van der Waals surface area contributed by atoms with Gasteiger partial charge in [0.25, 0.3) is 5.91 Å². The SMILES string of the molecule is Cc1cc(=O)oc2c(C)c(OCC(=O)Nc3cccc(C(F)(F)F)c3)ccc12. The first kappa shape index (κ1) is 19.5. The smallest absolute Gasteiger partial charge is 0.416 e. The highest BCUT2D eigenvalue weighted by atomic mass is 19.4. The van der Waals surface area contributed by atoms with E-state index in [-0.39, 0.29) is 5.69 Å². The molecule has 146 valence electrons. The number of alkyl halides is 3. The van der Waals surface area contributed by atoms with Gasteiger partial charge in [0.05, 0.1) is 5.56 Å². The summed E-state index contributed by atoms with van der Waals surface area (Å²) in [4.78, 5) is 23.6. The lowest BCUT2D eigenvalue weighted by Crippen LogP contribution is -2.20. The molecule has 8 heteroatoms. The lowest BCUT2D eigenvalue weighted by molar-refractivity contribution is -0.137. The molecule has 28 heavy (non-hydrogen) atoms. The van der Waals surface area contributed by atoms with E-state index >= 15 is 0 Å². The number of aryl methyl sites for hydroxylation is 2. The summed E-state index contributed by atoms with van der Waals surface area (Å²) >= 11 is 0. The molecule has 0 saturated carbocycles. The molecule has 1 aromatic heterocycles. The van der Waals surface area contributed by atoms with Crippen molar-refractivity contribution in [1.29, 1.82) is 0 Å². The number of fused-ring (bicyclic) bond motifs is 1. The molecule has 0 radical (unpaired) electrons. The van der Waals surface area contributed by atoms with Gasteiger partial charge < -0.3 is 14.5 Å². The normalized spacial score (nSPS) is 11.5. The molecule has 0 spiro atoms. The van der Waals surface area contributed by atoms with Crippen molar-refractivity contribution in [2.24, 2.45) is 0 Å². The molecule has 0 aliphatic rings. The minimum Gasteiger partial charge on any atom is -0.483 e. The van der Waals surface area contributed by atoms with Gasteiger partial charge in [0.1, 0.15) is 11.3 Å². The van der Waals surface area contributed by atoms with Gasteiger partial charge in [0.2, 0.25) is 0 Å². The Balaban J connectivity index is 1.73. The van der Waals surface area contributed by atoms with Gasteiger partial charge in [-0.3, -0.25) is 4.79 Å². The summed E-state index contributed by atoms with van der Waals surface area (Å²) in [6, 6.07) is 9.05. The summed E-state index contributed by atoms with van der Waals surface area (Å²) in [7, 11) is 0. The molecule has 1 heterocycles. The van der Waals surface area contributed by atoms with Crippen molar-refractivity contribution < 1.29 is 27.1 Å². The number of halogens is 3. The van der Waals surface area contributed by atoms with Crippen molar-refractivity contribution in [2.75, 3.05) is 11.9 Å². The van der Waals surface area contributed by atoms with Crippen molar-refractivity contribution in [3.8, 4) is 5.75 Å². The average Bonchev–Trinajstić information content (AvgIpc) is 2.61. The molecule has 0 fully saturated rings. The second kappa shape index (κ2) is 7.38. The van der Waals surface area contributed by atoms with Crippen molar-refractivity contribution in [3.63, 3.8) is 0 Å². The first-order valence-corrected chi connectivity index (χ1v) is 8.29. The van der Waals surface area contributed by atoms with E-state index in [1.807, 2.05) is 0 Å². The third kappa shape index (κ3) is 4.16. The fourth-order valence-electron chi connectivity index (χ4n) is 2.77. The Morgan fingerprint density at radius 3 is 2.61 bits per heavy atom. The van der Waals surface area contributed by atoms with Gasteiger partial charge in [-0.25, -0.2) is 4.79 Å². The molecule has 0 atom stereocenters. The number of anilines is 1. The van der Waals surface area contributed by atoms with E-state index in [0.29, 0.717) is 16.9 Å². The maximum atomic E-state index is 12.7. The monoisotopic (exact) mass is 391 g/mol. The molecule has 3 aromatic rings. The van der Waals surface area contributed by atoms with Crippen LogP contribution in [-0.2, 0) is 11.0 Å². The van der Waals surface area contributed by atoms with Gasteiger partial charge in [0.15, 0.2) is 6.61 Å². The Morgan fingerprint density at radius 1 is 1.14 bits per heavy atom. The van der Waals surface area contributed by atoms with Crippen LogP contribution in [0.15, 0.2) is 51.7 Å². The Kier molecular flexibility index (Phi) is 5.13. The van der Waals surface area contributed by atoms with Gasteiger partial charge in [0, 0.05) is 22.7 Å². The van der Waals surface area contributed by atoms with Crippen LogP contribution in [0.4, 0.5) is 18.9 Å². The molecule has 2 aromatic carbocycles. The zero-order valence-electron chi connectivity index (χ0n) is 15.0. The van der Waals surface area contributed by atoms with Gasteiger partial charge in [-0.15, -0.1) is 0 Å². The number of hydrogen-bond acceptors (Lipinski definition) is 4. The third-order valence-electron chi connectivity index (χ3n) is 4.15. The van der Waals surface area contributed by atoms with Crippen LogP contribution >= 0.6 is 0 Å². The molecule has 0 aliphatic heterocycles. The van der Waals surface area contributed by atoms with Crippen LogP contribution in [0.2, 0.25) is 0 Å². The maximum Gasteiger partial charge on any atom is 0.416 e. The molecule has 3 rings (SSSR count). The first-order valence-electron chi connectivity index (χ1n) is 8.29. The molecule has 1 N–H and O–H groups in total. The summed E-state index contributed by atoms with van der Waals surface area (Å²) in [5.41, 5.74) is 0.323. The van der Waals surface area contributed by atoms with Crippen LogP contribution in [-0.4, -0.2) is 12.5 Å². The van der Waals surface area contributed by atoms with Crippen LogP contribution in [0.3, 0.4) is 0 Å². The van der Waals surface area contributed by atoms with Crippen LogP contribution < -0.4 is 15.7 Å². The first-order chi connectivity index (χ1) is 13.1. The lowest BCUT2D eigenvalue weighted by atomic mass is 10.1.